The maximum absolute atomic E-state index is 13.0. The van der Waals surface area contributed by atoms with Crippen LogP contribution >= 0.6 is 0 Å². The minimum absolute atomic E-state index is 0.00850. The number of aliphatic hydroxyl groups is 1. The normalized spacial score (nSPS) is 38.1. The molecule has 0 aromatic heterocycles. The maximum Gasteiger partial charge on any atom is 0.221 e. The second kappa shape index (κ2) is 5.55. The molecule has 4 heteroatoms. The first-order valence-electron chi connectivity index (χ1n) is 9.12. The number of rotatable bonds is 4. The molecule has 3 atom stereocenters. The molecule has 3 unspecified atom stereocenters. The van der Waals surface area contributed by atoms with E-state index in [1.165, 1.54) is 18.6 Å². The van der Waals surface area contributed by atoms with Gasteiger partial charge in [0, 0.05) is 6.42 Å². The number of benzene rings is 1. The molecule has 24 heavy (non-hydrogen) atoms. The van der Waals surface area contributed by atoms with E-state index in [4.69, 9.17) is 0 Å². The van der Waals surface area contributed by atoms with Crippen LogP contribution in [0.5, 0.6) is 0 Å². The molecule has 1 aromatic rings. The lowest BCUT2D eigenvalue weighted by Gasteiger charge is -2.60. The van der Waals surface area contributed by atoms with Crippen LogP contribution in [0.4, 0.5) is 4.39 Å². The number of carbonyl (C=O) groups is 1. The van der Waals surface area contributed by atoms with Gasteiger partial charge in [-0.25, -0.2) is 4.39 Å². The Morgan fingerprint density at radius 1 is 1.25 bits per heavy atom. The van der Waals surface area contributed by atoms with Gasteiger partial charge >= 0.3 is 0 Å². The van der Waals surface area contributed by atoms with E-state index in [2.05, 4.69) is 5.32 Å². The van der Waals surface area contributed by atoms with Gasteiger partial charge in [-0.2, -0.15) is 0 Å². The Labute approximate surface area is 142 Å². The lowest BCUT2D eigenvalue weighted by molar-refractivity contribution is -0.169. The molecule has 1 amide bonds. The number of carbonyl (C=O) groups excluding carboxylic acids is 1. The Hall–Kier alpha value is -1.42. The number of hydrogen-bond donors (Lipinski definition) is 2. The van der Waals surface area contributed by atoms with Gasteiger partial charge in [0.05, 0.1) is 11.6 Å². The third-order valence-electron chi connectivity index (χ3n) is 6.43. The van der Waals surface area contributed by atoms with Gasteiger partial charge in [0.15, 0.2) is 0 Å². The molecule has 0 spiro atoms. The van der Waals surface area contributed by atoms with Crippen LogP contribution < -0.4 is 5.32 Å². The average Bonchev–Trinajstić information content (AvgIpc) is 2.44. The summed E-state index contributed by atoms with van der Waals surface area (Å²) in [4.78, 5) is 12.6. The van der Waals surface area contributed by atoms with E-state index >= 15 is 0 Å². The number of hydrogen-bond acceptors (Lipinski definition) is 2. The highest BCUT2D eigenvalue weighted by Crippen LogP contribution is 2.62. The van der Waals surface area contributed by atoms with Crippen LogP contribution in [0.1, 0.15) is 63.5 Å². The molecule has 0 aliphatic heterocycles. The Kier molecular flexibility index (Phi) is 3.72. The van der Waals surface area contributed by atoms with E-state index in [1.807, 2.05) is 6.92 Å². The molecule has 2 N–H and O–H groups in total. The minimum atomic E-state index is -0.521. The van der Waals surface area contributed by atoms with E-state index in [0.29, 0.717) is 18.3 Å². The van der Waals surface area contributed by atoms with E-state index < -0.39 is 5.60 Å². The van der Waals surface area contributed by atoms with Gasteiger partial charge < -0.3 is 10.4 Å². The lowest BCUT2D eigenvalue weighted by Crippen LogP contribution is -2.56. The van der Waals surface area contributed by atoms with Crippen molar-refractivity contribution in [2.24, 2.45) is 17.3 Å². The standard InChI is InChI=1S/C20H26FNO2/c1-13(16-2-4-17(21)5-3-16)22-18(23)11-19-7-14-6-15(8-19)10-20(24,9-14)12-19/h2-5,13-15,24H,6-12H2,1H3,(H,22,23). The second-order valence-electron chi connectivity index (χ2n) is 8.70. The number of halogens is 1. The average molecular weight is 331 g/mol. The Morgan fingerprint density at radius 2 is 1.88 bits per heavy atom. The van der Waals surface area contributed by atoms with Crippen molar-refractivity contribution in [2.45, 2.75) is 63.5 Å². The largest absolute Gasteiger partial charge is 0.390 e. The summed E-state index contributed by atoms with van der Waals surface area (Å²) in [5.41, 5.74) is 0.382. The van der Waals surface area contributed by atoms with E-state index in [0.717, 1.165) is 37.7 Å². The zero-order chi connectivity index (χ0) is 16.9. The summed E-state index contributed by atoms with van der Waals surface area (Å²) >= 11 is 0. The van der Waals surface area contributed by atoms with Crippen LogP contribution in [0.2, 0.25) is 0 Å². The summed E-state index contributed by atoms with van der Waals surface area (Å²) in [5.74, 6) is 0.980. The number of amides is 1. The van der Waals surface area contributed by atoms with Crippen molar-refractivity contribution in [3.05, 3.63) is 35.6 Å². The van der Waals surface area contributed by atoms with Gasteiger partial charge in [-0.15, -0.1) is 0 Å². The maximum atomic E-state index is 13.0. The van der Waals surface area contributed by atoms with Crippen molar-refractivity contribution in [3.63, 3.8) is 0 Å². The van der Waals surface area contributed by atoms with Crippen molar-refractivity contribution in [1.82, 2.24) is 5.32 Å². The summed E-state index contributed by atoms with van der Waals surface area (Å²) in [5, 5.41) is 13.9. The van der Waals surface area contributed by atoms with Gasteiger partial charge in [0.1, 0.15) is 5.82 Å². The summed E-state index contributed by atoms with van der Waals surface area (Å²) in [6, 6.07) is 6.15. The van der Waals surface area contributed by atoms with Crippen LogP contribution in [-0.4, -0.2) is 16.6 Å². The zero-order valence-corrected chi connectivity index (χ0v) is 14.2. The Balaban J connectivity index is 1.42. The fourth-order valence-corrected chi connectivity index (χ4v) is 6.08. The zero-order valence-electron chi connectivity index (χ0n) is 14.2. The molecule has 130 valence electrons. The van der Waals surface area contributed by atoms with E-state index in [1.54, 1.807) is 12.1 Å². The first kappa shape index (κ1) is 16.1. The fourth-order valence-electron chi connectivity index (χ4n) is 6.08. The summed E-state index contributed by atoms with van der Waals surface area (Å²) < 4.78 is 13.0. The topological polar surface area (TPSA) is 49.3 Å². The highest BCUT2D eigenvalue weighted by molar-refractivity contribution is 5.77. The quantitative estimate of drug-likeness (QED) is 0.883. The SMILES string of the molecule is CC(NC(=O)CC12CC3CC(CC(O)(C3)C1)C2)c1ccc(F)cc1. The molecule has 4 fully saturated rings. The molecule has 1 aromatic carbocycles. The Morgan fingerprint density at radius 3 is 2.46 bits per heavy atom. The monoisotopic (exact) mass is 331 g/mol. The molecule has 0 heterocycles. The van der Waals surface area contributed by atoms with Gasteiger partial charge in [-0.3, -0.25) is 4.79 Å². The lowest BCUT2D eigenvalue weighted by atomic mass is 9.47. The Bertz CT molecular complexity index is 628. The third kappa shape index (κ3) is 2.97. The van der Waals surface area contributed by atoms with E-state index in [-0.39, 0.29) is 23.2 Å². The van der Waals surface area contributed by atoms with Crippen LogP contribution in [0.3, 0.4) is 0 Å². The number of nitrogens with one attached hydrogen (secondary N) is 1. The smallest absolute Gasteiger partial charge is 0.221 e. The third-order valence-corrected chi connectivity index (χ3v) is 6.43. The first-order valence-corrected chi connectivity index (χ1v) is 9.12. The van der Waals surface area contributed by atoms with Gasteiger partial charge in [-0.1, -0.05) is 12.1 Å². The molecular formula is C20H26FNO2. The van der Waals surface area contributed by atoms with Gasteiger partial charge in [0.2, 0.25) is 5.91 Å². The summed E-state index contributed by atoms with van der Waals surface area (Å²) in [6.45, 7) is 1.93. The minimum Gasteiger partial charge on any atom is -0.390 e. The molecule has 4 bridgehead atoms. The van der Waals surface area contributed by atoms with Crippen molar-refractivity contribution in [3.8, 4) is 0 Å². The molecule has 4 aliphatic carbocycles. The van der Waals surface area contributed by atoms with Crippen molar-refractivity contribution in [1.29, 1.82) is 0 Å². The second-order valence-corrected chi connectivity index (χ2v) is 8.70. The van der Waals surface area contributed by atoms with Crippen molar-refractivity contribution in [2.75, 3.05) is 0 Å². The molecular weight excluding hydrogens is 305 g/mol. The van der Waals surface area contributed by atoms with Crippen LogP contribution in [-0.2, 0) is 4.79 Å². The molecule has 5 rings (SSSR count). The van der Waals surface area contributed by atoms with Gasteiger partial charge in [0.25, 0.3) is 0 Å². The molecule has 4 aliphatic rings. The predicted molar refractivity (Wildman–Crippen MR) is 89.6 cm³/mol. The first-order chi connectivity index (χ1) is 11.3. The molecule has 0 saturated heterocycles. The van der Waals surface area contributed by atoms with E-state index in [9.17, 15) is 14.3 Å². The highest BCUT2D eigenvalue weighted by atomic mass is 19.1. The van der Waals surface area contributed by atoms with Crippen LogP contribution in [0, 0.1) is 23.1 Å². The van der Waals surface area contributed by atoms with Gasteiger partial charge in [-0.05, 0) is 80.4 Å². The van der Waals surface area contributed by atoms with Crippen LogP contribution in [0.25, 0.3) is 0 Å². The van der Waals surface area contributed by atoms with Crippen molar-refractivity contribution >= 4 is 5.91 Å². The van der Waals surface area contributed by atoms with Crippen LogP contribution in [0.15, 0.2) is 24.3 Å². The predicted octanol–water partition coefficient (Wildman–Crippen LogP) is 3.72. The summed E-state index contributed by atoms with van der Waals surface area (Å²) in [6.07, 6.45) is 6.56. The highest BCUT2D eigenvalue weighted by Gasteiger charge is 2.57. The molecule has 0 radical (unpaired) electrons. The van der Waals surface area contributed by atoms with Crippen molar-refractivity contribution < 1.29 is 14.3 Å². The molecule has 4 saturated carbocycles. The summed E-state index contributed by atoms with van der Waals surface area (Å²) in [7, 11) is 0. The molecule has 3 nitrogen and oxygen atoms in total. The fraction of sp³-hybridized carbons (Fsp3) is 0.650.